The van der Waals surface area contributed by atoms with Gasteiger partial charge >= 0.3 is 12.1 Å². The maximum Gasteiger partial charge on any atom is 0.411 e. The Morgan fingerprint density at radius 2 is 1.88 bits per heavy atom. The first-order valence-electron chi connectivity index (χ1n) is 7.49. The van der Waals surface area contributed by atoms with Crippen LogP contribution in [0.25, 0.3) is 0 Å². The van der Waals surface area contributed by atoms with E-state index in [2.05, 4.69) is 0 Å². The molecule has 24 heavy (non-hydrogen) atoms. The summed E-state index contributed by atoms with van der Waals surface area (Å²) in [7, 11) is -0.404. The molecule has 0 heterocycles. The number of carboxylic acid groups (broad SMARTS) is 1. The number of rotatable bonds is 10. The minimum Gasteiger partial charge on any atom is -0.480 e. The van der Waals surface area contributed by atoms with Crippen molar-refractivity contribution in [2.24, 2.45) is 0 Å². The Balaban J connectivity index is 2.89. The van der Waals surface area contributed by atoms with E-state index in [1.165, 1.54) is 4.90 Å². The van der Waals surface area contributed by atoms with Gasteiger partial charge in [-0.1, -0.05) is 72.6 Å². The largest absolute Gasteiger partial charge is 0.480 e. The molecule has 0 fully saturated rings. The number of carbonyl (C=O) groups excluding carboxylic acids is 1. The third-order valence-corrected chi connectivity index (χ3v) is 7.53. The van der Waals surface area contributed by atoms with E-state index in [1.54, 1.807) is 0 Å². The van der Waals surface area contributed by atoms with Crippen LogP contribution in [0.5, 0.6) is 0 Å². The van der Waals surface area contributed by atoms with Gasteiger partial charge in [-0.3, -0.25) is 4.90 Å². The average Bonchev–Trinajstić information content (AvgIpc) is 2.60. The highest BCUT2D eigenvalue weighted by molar-refractivity contribution is 7.83. The topological polar surface area (TPSA) is 66.8 Å². The van der Waals surface area contributed by atoms with Crippen molar-refractivity contribution in [2.45, 2.75) is 44.4 Å². The lowest BCUT2D eigenvalue weighted by molar-refractivity contribution is -0.143. The normalized spacial score (nSPS) is 14.1. The molecule has 0 saturated carbocycles. The first-order valence-corrected chi connectivity index (χ1v) is 11.7. The van der Waals surface area contributed by atoms with Crippen LogP contribution in [0.3, 0.4) is 0 Å². The number of ether oxygens (including phenoxy) is 1. The smallest absolute Gasteiger partial charge is 0.411 e. The van der Waals surface area contributed by atoms with Crippen molar-refractivity contribution < 1.29 is 19.4 Å². The second-order valence-electron chi connectivity index (χ2n) is 5.06. The second-order valence-corrected chi connectivity index (χ2v) is 8.48. The van der Waals surface area contributed by atoms with Gasteiger partial charge in [-0.15, -0.1) is 0 Å². The van der Waals surface area contributed by atoms with Crippen LogP contribution >= 0.6 is 38.3 Å². The molecule has 0 saturated heterocycles. The molecule has 0 spiro atoms. The first kappa shape index (κ1) is 21.4. The van der Waals surface area contributed by atoms with E-state index in [9.17, 15) is 14.7 Å². The summed E-state index contributed by atoms with van der Waals surface area (Å²) >= 11 is 11.8. The maximum atomic E-state index is 12.5. The van der Waals surface area contributed by atoms with Gasteiger partial charge in [0.05, 0.1) is 5.52 Å². The summed E-state index contributed by atoms with van der Waals surface area (Å²) in [6, 6.07) is 8.20. The predicted molar refractivity (Wildman–Crippen MR) is 102 cm³/mol. The number of nitrogens with zero attached hydrogens (tertiary/aromatic N) is 1. The van der Waals surface area contributed by atoms with Crippen LogP contribution in [0.2, 0.25) is 0 Å². The Kier molecular flexibility index (Phi) is 10.6. The van der Waals surface area contributed by atoms with Crippen LogP contribution < -0.4 is 0 Å². The molecule has 0 aliphatic rings. The van der Waals surface area contributed by atoms with Gasteiger partial charge in [0, 0.05) is 15.9 Å². The van der Waals surface area contributed by atoms with Crippen molar-refractivity contribution in [3.8, 4) is 0 Å². The Bertz CT molecular complexity index is 517. The lowest BCUT2D eigenvalue weighted by Crippen LogP contribution is -2.47. The number of halogens is 2. The molecular weight excluding hydrogens is 391 g/mol. The van der Waals surface area contributed by atoms with E-state index < -0.39 is 23.6 Å². The molecule has 0 aromatic heterocycles. The lowest BCUT2D eigenvalue weighted by atomic mass is 10.1. The highest BCUT2D eigenvalue weighted by Gasteiger charge is 2.35. The zero-order chi connectivity index (χ0) is 17.9. The third kappa shape index (κ3) is 6.72. The van der Waals surface area contributed by atoms with E-state index in [0.717, 1.165) is 12.0 Å². The van der Waals surface area contributed by atoms with Crippen molar-refractivity contribution in [3.63, 3.8) is 0 Å². The van der Waals surface area contributed by atoms with Crippen molar-refractivity contribution in [1.29, 1.82) is 0 Å². The molecule has 0 radical (unpaired) electrons. The highest BCUT2D eigenvalue weighted by Crippen LogP contribution is 2.44. The van der Waals surface area contributed by atoms with E-state index in [4.69, 9.17) is 27.2 Å². The van der Waals surface area contributed by atoms with Crippen molar-refractivity contribution >= 4 is 50.4 Å². The van der Waals surface area contributed by atoms with Gasteiger partial charge in [0.2, 0.25) is 0 Å². The number of carboxylic acids is 1. The molecule has 1 aromatic rings. The third-order valence-electron chi connectivity index (χ3n) is 3.35. The van der Waals surface area contributed by atoms with Crippen LogP contribution in [0.1, 0.15) is 31.7 Å². The molecule has 1 N–H and O–H groups in total. The number of hydrogen-bond acceptors (Lipinski definition) is 3. The Labute approximate surface area is 155 Å². The Hall–Kier alpha value is -0.600. The van der Waals surface area contributed by atoms with Crippen LogP contribution in [0.4, 0.5) is 4.79 Å². The molecule has 3 unspecified atom stereocenters. The summed E-state index contributed by atoms with van der Waals surface area (Å²) in [5.41, 5.74) is 0.277. The summed E-state index contributed by atoms with van der Waals surface area (Å²) in [4.78, 5) is 25.3. The standard InChI is InChI=1S/C15H21Cl2NO4P2/c1-2-3-9-12(13(19)20)18(15(23-16)24-17)14(21)22-10-11-7-5-4-6-8-11/h4-8,12,15,23-24H,2-3,9-10H2,1H3,(H,19,20). The van der Waals surface area contributed by atoms with Gasteiger partial charge in [-0.25, -0.2) is 9.59 Å². The molecule has 1 aromatic carbocycles. The van der Waals surface area contributed by atoms with Crippen LogP contribution in [-0.4, -0.2) is 33.6 Å². The summed E-state index contributed by atoms with van der Waals surface area (Å²) in [5.74, 6) is -1.07. The van der Waals surface area contributed by atoms with Gasteiger partial charge < -0.3 is 9.84 Å². The second kappa shape index (κ2) is 11.9. The minimum absolute atomic E-state index is 0.0692. The summed E-state index contributed by atoms with van der Waals surface area (Å²) in [6.45, 7) is 2.03. The zero-order valence-corrected chi connectivity index (χ0v) is 16.8. The number of unbranched alkanes of at least 4 members (excludes halogenated alkanes) is 1. The molecule has 3 atom stereocenters. The van der Waals surface area contributed by atoms with Crippen LogP contribution in [0.15, 0.2) is 30.3 Å². The number of carbonyl (C=O) groups is 2. The predicted octanol–water partition coefficient (Wildman–Crippen LogP) is 5.22. The molecule has 0 aliphatic carbocycles. The fraction of sp³-hybridized carbons (Fsp3) is 0.467. The van der Waals surface area contributed by atoms with Crippen molar-refractivity contribution in [3.05, 3.63) is 35.9 Å². The molecule has 0 bridgehead atoms. The van der Waals surface area contributed by atoms with E-state index >= 15 is 0 Å². The van der Waals surface area contributed by atoms with Crippen molar-refractivity contribution in [1.82, 2.24) is 4.90 Å². The van der Waals surface area contributed by atoms with E-state index in [1.807, 2.05) is 37.3 Å². The molecule has 0 aliphatic heterocycles. The zero-order valence-electron chi connectivity index (χ0n) is 13.2. The molecule has 9 heteroatoms. The minimum atomic E-state index is -1.07. The monoisotopic (exact) mass is 411 g/mol. The summed E-state index contributed by atoms with van der Waals surface area (Å²) < 4.78 is 5.30. The molecule has 1 amide bonds. The number of hydrogen-bond donors (Lipinski definition) is 1. The molecular formula is C15H21Cl2NO4P2. The summed E-state index contributed by atoms with van der Waals surface area (Å²) in [6.07, 6.45) is 1.15. The number of amides is 1. The quantitative estimate of drug-likeness (QED) is 0.536. The van der Waals surface area contributed by atoms with Crippen LogP contribution in [-0.2, 0) is 16.1 Å². The lowest BCUT2D eigenvalue weighted by Gasteiger charge is -2.33. The number of aliphatic carboxylic acids is 1. The van der Waals surface area contributed by atoms with Crippen molar-refractivity contribution in [2.75, 3.05) is 0 Å². The summed E-state index contributed by atoms with van der Waals surface area (Å²) in [5, 5.41) is 9.51. The van der Waals surface area contributed by atoms with Gasteiger partial charge in [-0.05, 0) is 12.0 Å². The fourth-order valence-electron chi connectivity index (χ4n) is 2.11. The van der Waals surface area contributed by atoms with Gasteiger partial charge in [0.1, 0.15) is 12.6 Å². The van der Waals surface area contributed by atoms with E-state index in [0.29, 0.717) is 12.8 Å². The first-order chi connectivity index (χ1) is 11.5. The molecule has 134 valence electrons. The number of benzene rings is 1. The van der Waals surface area contributed by atoms with Gasteiger partial charge in [0.25, 0.3) is 0 Å². The average molecular weight is 412 g/mol. The van der Waals surface area contributed by atoms with Gasteiger partial charge in [0.15, 0.2) is 0 Å². The Morgan fingerprint density at radius 1 is 1.25 bits per heavy atom. The highest BCUT2D eigenvalue weighted by atomic mass is 35.7. The van der Waals surface area contributed by atoms with Gasteiger partial charge in [-0.2, -0.15) is 0 Å². The Morgan fingerprint density at radius 3 is 2.38 bits per heavy atom. The molecule has 5 nitrogen and oxygen atoms in total. The molecule has 1 rings (SSSR count). The van der Waals surface area contributed by atoms with Crippen LogP contribution in [0, 0.1) is 0 Å². The van der Waals surface area contributed by atoms with E-state index in [-0.39, 0.29) is 22.5 Å². The fourth-order valence-corrected chi connectivity index (χ4v) is 5.17. The SMILES string of the molecule is CCCCC(C(=O)O)N(C(=O)OCc1ccccc1)C(PCl)PCl. The maximum absolute atomic E-state index is 12.5.